The van der Waals surface area contributed by atoms with E-state index in [4.69, 9.17) is 25.9 Å². The largest absolute Gasteiger partial charge is 0.487 e. The first-order valence-corrected chi connectivity index (χ1v) is 20.5. The molecule has 2 aromatic heterocycles. The zero-order valence-electron chi connectivity index (χ0n) is 28.3. The lowest BCUT2D eigenvalue weighted by Gasteiger charge is -2.12. The van der Waals surface area contributed by atoms with Crippen LogP contribution in [0.1, 0.15) is 21.7 Å². The number of hydrogen-bond donors (Lipinski definition) is 3. The fourth-order valence-corrected chi connectivity index (χ4v) is 7.24. The molecule has 0 aliphatic heterocycles. The van der Waals surface area contributed by atoms with E-state index in [9.17, 15) is 21.2 Å². The summed E-state index contributed by atoms with van der Waals surface area (Å²) in [7, 11) is -7.06. The van der Waals surface area contributed by atoms with E-state index in [1.54, 1.807) is 50.2 Å². The van der Waals surface area contributed by atoms with Crippen molar-refractivity contribution in [3.8, 4) is 17.0 Å². The minimum Gasteiger partial charge on any atom is -0.487 e. The number of halogens is 2. The topological polar surface area (TPSA) is 160 Å². The third-order valence-corrected chi connectivity index (χ3v) is 10.8. The summed E-state index contributed by atoms with van der Waals surface area (Å²) < 4.78 is 72.1. The summed E-state index contributed by atoms with van der Waals surface area (Å²) in [5, 5.41) is 10.5. The molecule has 0 saturated carbocycles. The number of nitrogens with zero attached hydrogens (tertiary/aromatic N) is 3. The van der Waals surface area contributed by atoms with Gasteiger partial charge in [0.1, 0.15) is 45.2 Å². The molecule has 0 atom stereocenters. The quantitative estimate of drug-likeness (QED) is 0.0831. The van der Waals surface area contributed by atoms with Gasteiger partial charge in [0.25, 0.3) is 10.1 Å². The summed E-state index contributed by atoms with van der Waals surface area (Å²) in [5.41, 5.74) is 5.35. The number of fused-ring (bicyclic) bond motifs is 1. The number of thiazole rings is 1. The maximum Gasteiger partial charge on any atom is 0.294 e. The average Bonchev–Trinajstić information content (AvgIpc) is 3.56. The zero-order chi connectivity index (χ0) is 37.5. The van der Waals surface area contributed by atoms with Crippen molar-refractivity contribution in [2.45, 2.75) is 31.9 Å². The molecule has 0 amide bonds. The first kappa shape index (κ1) is 38.7. The highest BCUT2D eigenvalue weighted by molar-refractivity contribution is 7.90. The van der Waals surface area contributed by atoms with E-state index in [-0.39, 0.29) is 23.1 Å². The minimum absolute atomic E-state index is 0.0116. The van der Waals surface area contributed by atoms with Crippen LogP contribution in [-0.4, -0.2) is 54.9 Å². The number of benzene rings is 4. The van der Waals surface area contributed by atoms with Crippen molar-refractivity contribution in [2.24, 2.45) is 0 Å². The van der Waals surface area contributed by atoms with Crippen LogP contribution in [0.2, 0.25) is 5.02 Å². The van der Waals surface area contributed by atoms with Gasteiger partial charge in [-0.25, -0.2) is 27.8 Å². The first-order valence-electron chi connectivity index (χ1n) is 15.7. The third kappa shape index (κ3) is 10.8. The summed E-state index contributed by atoms with van der Waals surface area (Å²) in [4.78, 5) is 13.5. The molecule has 0 bridgehead atoms. The third-order valence-electron chi connectivity index (χ3n) is 7.72. The second-order valence-corrected chi connectivity index (χ2v) is 16.7. The molecule has 0 radical (unpaired) electrons. The first-order chi connectivity index (χ1) is 24.7. The molecular formula is C36H35ClFN5O6S3. The number of aryl methyl sites for hydroxylation is 1. The van der Waals surface area contributed by atoms with Gasteiger partial charge in [-0.1, -0.05) is 41.9 Å². The van der Waals surface area contributed by atoms with Crippen molar-refractivity contribution in [3.63, 3.8) is 0 Å². The monoisotopic (exact) mass is 783 g/mol. The van der Waals surface area contributed by atoms with Gasteiger partial charge in [-0.3, -0.25) is 4.55 Å². The Balaban J connectivity index is 0.000000370. The van der Waals surface area contributed by atoms with Crippen LogP contribution in [0.5, 0.6) is 5.75 Å². The number of nitrogens with one attached hydrogen (secondary N) is 2. The van der Waals surface area contributed by atoms with Crippen molar-refractivity contribution in [2.75, 3.05) is 23.9 Å². The molecule has 6 aromatic rings. The molecule has 0 saturated heterocycles. The number of hydrogen-bond acceptors (Lipinski definition) is 11. The molecule has 6 rings (SSSR count). The fourth-order valence-electron chi connectivity index (χ4n) is 4.92. The Morgan fingerprint density at radius 3 is 2.46 bits per heavy atom. The molecule has 0 aliphatic carbocycles. The van der Waals surface area contributed by atoms with Gasteiger partial charge in [-0.2, -0.15) is 8.42 Å². The van der Waals surface area contributed by atoms with Crippen LogP contribution < -0.4 is 15.4 Å². The van der Waals surface area contributed by atoms with Crippen LogP contribution in [-0.2, 0) is 33.1 Å². The smallest absolute Gasteiger partial charge is 0.294 e. The minimum atomic E-state index is -4.06. The van der Waals surface area contributed by atoms with E-state index in [0.29, 0.717) is 46.5 Å². The van der Waals surface area contributed by atoms with Crippen molar-refractivity contribution in [3.05, 3.63) is 123 Å². The zero-order valence-corrected chi connectivity index (χ0v) is 31.5. The number of ether oxygens (including phenoxy) is 1. The maximum absolute atomic E-state index is 13.4. The van der Waals surface area contributed by atoms with Gasteiger partial charge in [-0.15, -0.1) is 11.3 Å². The van der Waals surface area contributed by atoms with Crippen LogP contribution in [0.4, 0.5) is 15.9 Å². The highest BCUT2D eigenvalue weighted by Crippen LogP contribution is 2.33. The Morgan fingerprint density at radius 2 is 1.75 bits per heavy atom. The number of anilines is 2. The van der Waals surface area contributed by atoms with E-state index in [2.05, 4.69) is 20.6 Å². The lowest BCUT2D eigenvalue weighted by molar-refractivity contribution is 0.306. The van der Waals surface area contributed by atoms with Crippen LogP contribution in [0.15, 0.2) is 95.5 Å². The van der Waals surface area contributed by atoms with Gasteiger partial charge < -0.3 is 15.4 Å². The van der Waals surface area contributed by atoms with Gasteiger partial charge in [0.2, 0.25) is 0 Å². The van der Waals surface area contributed by atoms with Crippen molar-refractivity contribution in [1.82, 2.24) is 20.3 Å². The Kier molecular flexibility index (Phi) is 12.6. The highest BCUT2D eigenvalue weighted by atomic mass is 35.5. The molecule has 3 N–H and O–H groups in total. The van der Waals surface area contributed by atoms with E-state index in [1.807, 2.05) is 29.6 Å². The van der Waals surface area contributed by atoms with Crippen molar-refractivity contribution >= 4 is 65.3 Å². The van der Waals surface area contributed by atoms with Crippen molar-refractivity contribution < 1.29 is 30.5 Å². The molecule has 0 aliphatic rings. The molecule has 2 heterocycles. The van der Waals surface area contributed by atoms with Gasteiger partial charge in [-0.05, 0) is 79.1 Å². The molecule has 52 heavy (non-hydrogen) atoms. The number of sulfone groups is 1. The van der Waals surface area contributed by atoms with Crippen molar-refractivity contribution in [1.29, 1.82) is 0 Å². The van der Waals surface area contributed by atoms with Crippen LogP contribution >= 0.6 is 22.9 Å². The van der Waals surface area contributed by atoms with E-state index < -0.39 is 20.0 Å². The number of aromatic nitrogens is 3. The molecule has 0 unspecified atom stereocenters. The molecule has 16 heteroatoms. The summed E-state index contributed by atoms with van der Waals surface area (Å²) in [6.45, 7) is 4.52. The molecule has 4 aromatic carbocycles. The van der Waals surface area contributed by atoms with Crippen LogP contribution in [0.25, 0.3) is 22.2 Å². The molecular weight excluding hydrogens is 749 g/mol. The average molecular weight is 784 g/mol. The van der Waals surface area contributed by atoms with E-state index in [0.717, 1.165) is 32.7 Å². The molecule has 0 spiro atoms. The summed E-state index contributed by atoms with van der Waals surface area (Å²) in [6.07, 6.45) is 2.71. The van der Waals surface area contributed by atoms with Crippen LogP contribution in [0, 0.1) is 19.7 Å². The Hall–Kier alpha value is -4.51. The second kappa shape index (κ2) is 16.9. The van der Waals surface area contributed by atoms with Gasteiger partial charge in [0, 0.05) is 41.4 Å². The fraction of sp³-hybridized carbons (Fsp3) is 0.194. The predicted octanol–water partition coefficient (Wildman–Crippen LogP) is 7.55. The Bertz CT molecular complexity index is 2430. The summed E-state index contributed by atoms with van der Waals surface area (Å²) >= 11 is 7.98. The normalized spacial score (nSPS) is 11.6. The lowest BCUT2D eigenvalue weighted by Crippen LogP contribution is -2.21. The Labute approximate surface area is 310 Å². The lowest BCUT2D eigenvalue weighted by atomic mass is 10.1. The molecule has 0 fully saturated rings. The van der Waals surface area contributed by atoms with Crippen LogP contribution in [0.3, 0.4) is 0 Å². The summed E-state index contributed by atoms with van der Waals surface area (Å²) in [6, 6.07) is 22.2. The SMILES string of the molecule is CS(=O)(=O)CCNCc1nc(-c2ccc3ncnc(Nc4ccc(OCc5cccc(F)c5)c(Cl)c4)c3c2)cs1.Cc1cccc(S(=O)(=O)O)c1C. The number of rotatable bonds is 12. The standard InChI is InChI=1S/C28H25ClFN5O3S2.C8H10O3S/c1-40(36,37)10-9-31-14-27-35-25(16-39-27)19-5-7-24-22(12-19)28(33-17-32-24)34-21-6-8-26(23(29)13-21)38-15-18-3-2-4-20(30)11-18;1-6-4-3-5-8(7(6)2)12(9,10)11/h2-8,11-13,16-17,31H,9-10,14-15H2,1H3,(H,32,33,34);3-5H,1-2H3,(H,9,10,11). The van der Waals surface area contributed by atoms with Gasteiger partial charge in [0.15, 0.2) is 0 Å². The summed E-state index contributed by atoms with van der Waals surface area (Å²) in [5.74, 6) is 0.855. The van der Waals surface area contributed by atoms with E-state index in [1.165, 1.54) is 42.1 Å². The molecule has 11 nitrogen and oxygen atoms in total. The predicted molar refractivity (Wildman–Crippen MR) is 203 cm³/mol. The molecule has 272 valence electrons. The van der Waals surface area contributed by atoms with Gasteiger partial charge >= 0.3 is 0 Å². The Morgan fingerprint density at radius 1 is 0.962 bits per heavy atom. The highest BCUT2D eigenvalue weighted by Gasteiger charge is 2.14. The van der Waals surface area contributed by atoms with E-state index >= 15 is 0 Å². The second-order valence-electron chi connectivity index (χ2n) is 11.7. The maximum atomic E-state index is 13.4. The van der Waals surface area contributed by atoms with Gasteiger partial charge in [0.05, 0.1) is 26.9 Å².